The number of ketones is 2. The summed E-state index contributed by atoms with van der Waals surface area (Å²) in [4.78, 5) is 49.0. The van der Waals surface area contributed by atoms with E-state index >= 15 is 0 Å². The van der Waals surface area contributed by atoms with Crippen LogP contribution in [0.3, 0.4) is 0 Å². The van der Waals surface area contributed by atoms with Gasteiger partial charge in [-0.25, -0.2) is 0 Å². The van der Waals surface area contributed by atoms with Crippen molar-refractivity contribution in [2.75, 3.05) is 6.61 Å². The molecule has 0 bridgehead atoms. The van der Waals surface area contributed by atoms with E-state index in [1.807, 2.05) is 19.9 Å². The zero-order valence-electron chi connectivity index (χ0n) is 22.3. The summed E-state index contributed by atoms with van der Waals surface area (Å²) in [5.41, 5.74) is -1.50. The van der Waals surface area contributed by atoms with Crippen molar-refractivity contribution in [3.8, 4) is 0 Å². The van der Waals surface area contributed by atoms with Crippen LogP contribution in [0.4, 0.5) is 0 Å². The number of hydrogen-bond acceptors (Lipinski definition) is 8. The number of Topliss-reactive ketones (excluding diaryl/α,β-unsaturated/α-hetero) is 1. The number of carbonyl (C=O) groups is 4. The van der Waals surface area contributed by atoms with E-state index in [1.165, 1.54) is 0 Å². The minimum absolute atomic E-state index is 0.0207. The van der Waals surface area contributed by atoms with Crippen LogP contribution in [-0.2, 0) is 33.4 Å². The molecule has 1 aliphatic heterocycles. The van der Waals surface area contributed by atoms with E-state index in [4.69, 9.17) is 19.3 Å². The number of ether oxygens (including phenoxy) is 3. The first-order valence-electron chi connectivity index (χ1n) is 13.8. The fraction of sp³-hybridized carbons (Fsp3) is 0.724. The van der Waals surface area contributed by atoms with Crippen molar-refractivity contribution in [1.29, 1.82) is 0 Å². The third kappa shape index (κ3) is 4.00. The molecule has 0 spiro atoms. The highest BCUT2D eigenvalue weighted by atomic mass is 16.7. The zero-order valence-corrected chi connectivity index (χ0v) is 22.3. The number of esters is 1. The fourth-order valence-corrected chi connectivity index (χ4v) is 8.54. The van der Waals surface area contributed by atoms with Gasteiger partial charge in [-0.1, -0.05) is 38.8 Å². The Kier molecular flexibility index (Phi) is 6.93. The van der Waals surface area contributed by atoms with Crippen molar-refractivity contribution in [3.63, 3.8) is 0 Å². The Balaban J connectivity index is 1.45. The van der Waals surface area contributed by atoms with Gasteiger partial charge in [-0.05, 0) is 56.1 Å². The molecule has 9 heteroatoms. The van der Waals surface area contributed by atoms with Gasteiger partial charge in [0.05, 0.1) is 25.0 Å². The second kappa shape index (κ2) is 9.68. The molecule has 0 aromatic heterocycles. The van der Waals surface area contributed by atoms with Crippen LogP contribution < -0.4 is 0 Å². The number of aliphatic hydroxyl groups excluding tert-OH is 1. The van der Waals surface area contributed by atoms with Crippen LogP contribution in [0.1, 0.15) is 72.1 Å². The lowest BCUT2D eigenvalue weighted by Gasteiger charge is -2.59. The maximum atomic E-state index is 14.0. The predicted octanol–water partition coefficient (Wildman–Crippen LogP) is 3.13. The van der Waals surface area contributed by atoms with Crippen molar-refractivity contribution < 1.29 is 43.6 Å². The van der Waals surface area contributed by atoms with Crippen LogP contribution in [0.25, 0.3) is 0 Å². The van der Waals surface area contributed by atoms with Crippen LogP contribution >= 0.6 is 0 Å². The smallest absolute Gasteiger partial charge is 0.306 e. The summed E-state index contributed by atoms with van der Waals surface area (Å²) in [7, 11) is 0. The summed E-state index contributed by atoms with van der Waals surface area (Å²) in [6.07, 6.45) is 6.63. The largest absolute Gasteiger partial charge is 0.481 e. The van der Waals surface area contributed by atoms with Crippen LogP contribution in [-0.4, -0.2) is 64.4 Å². The third-order valence-corrected chi connectivity index (χ3v) is 10.1. The van der Waals surface area contributed by atoms with Crippen LogP contribution in [0.5, 0.6) is 0 Å². The molecule has 208 valence electrons. The highest BCUT2D eigenvalue weighted by molar-refractivity contribution is 6.01. The summed E-state index contributed by atoms with van der Waals surface area (Å²) < 4.78 is 18.1. The van der Waals surface area contributed by atoms with E-state index in [1.54, 1.807) is 12.2 Å². The Hall–Kier alpha value is -2.36. The van der Waals surface area contributed by atoms with E-state index in [0.29, 0.717) is 19.3 Å². The van der Waals surface area contributed by atoms with Gasteiger partial charge in [0.2, 0.25) is 5.78 Å². The van der Waals surface area contributed by atoms with E-state index < -0.39 is 59.3 Å². The molecule has 0 radical (unpaired) electrons. The SMILES string of the molecule is CCCC1O[C@@H]2C[C@H]3[C@@H]4CCC5=CC(=O)C=C[C@]5(C)[C@H]4[C@@H](O)C[C@]3(C)[C@]2(C(=O)COC(=O)CCC(=O)O)O1. The van der Waals surface area contributed by atoms with Gasteiger partial charge in [0.15, 0.2) is 24.3 Å². The standard InChI is InChI=1S/C29H38O9/c1-4-5-25-37-22-13-19-18-7-6-16-12-17(30)10-11-27(16,2)26(18)20(31)14-28(19,3)29(22,38-25)21(32)15-36-24(35)9-8-23(33)34/h10-12,18-20,22,25-26,31H,4-9,13-15H2,1-3H3,(H,33,34)/t18-,19-,20-,22+,25?,26+,27-,28-,29+/m0/s1. The van der Waals surface area contributed by atoms with Gasteiger partial charge in [-0.2, -0.15) is 0 Å². The minimum atomic E-state index is -1.37. The van der Waals surface area contributed by atoms with Crippen molar-refractivity contribution in [1.82, 2.24) is 0 Å². The summed E-state index contributed by atoms with van der Waals surface area (Å²) in [6.45, 7) is 5.59. The summed E-state index contributed by atoms with van der Waals surface area (Å²) in [6, 6.07) is 0. The highest BCUT2D eigenvalue weighted by Gasteiger charge is 2.75. The monoisotopic (exact) mass is 530 g/mol. The van der Waals surface area contributed by atoms with Gasteiger partial charge in [-0.3, -0.25) is 19.2 Å². The first-order chi connectivity index (χ1) is 18.0. The van der Waals surface area contributed by atoms with E-state index in [9.17, 15) is 24.3 Å². The molecule has 1 heterocycles. The molecule has 1 unspecified atom stereocenters. The lowest BCUT2D eigenvalue weighted by atomic mass is 9.46. The van der Waals surface area contributed by atoms with E-state index in [-0.39, 0.29) is 36.4 Å². The van der Waals surface area contributed by atoms with E-state index in [0.717, 1.165) is 24.8 Å². The second-order valence-corrected chi connectivity index (χ2v) is 12.1. The van der Waals surface area contributed by atoms with Crippen molar-refractivity contribution in [3.05, 3.63) is 23.8 Å². The topological polar surface area (TPSA) is 136 Å². The lowest BCUT2D eigenvalue weighted by Crippen LogP contribution is -2.63. The Bertz CT molecular complexity index is 1090. The van der Waals surface area contributed by atoms with Gasteiger partial charge < -0.3 is 24.4 Å². The Morgan fingerprint density at radius 3 is 2.68 bits per heavy atom. The average molecular weight is 531 g/mol. The molecule has 9 nitrogen and oxygen atoms in total. The molecule has 5 aliphatic rings. The number of aliphatic hydroxyl groups is 1. The molecule has 9 atom stereocenters. The summed E-state index contributed by atoms with van der Waals surface area (Å²) in [5.74, 6) is -2.27. The number of rotatable bonds is 8. The van der Waals surface area contributed by atoms with Crippen molar-refractivity contribution in [2.45, 2.75) is 96.2 Å². The van der Waals surface area contributed by atoms with Gasteiger partial charge in [-0.15, -0.1) is 0 Å². The number of fused-ring (bicyclic) bond motifs is 7. The van der Waals surface area contributed by atoms with Crippen molar-refractivity contribution >= 4 is 23.5 Å². The number of allylic oxidation sites excluding steroid dienone is 4. The molecule has 0 aromatic carbocycles. The predicted molar refractivity (Wildman–Crippen MR) is 134 cm³/mol. The highest BCUT2D eigenvalue weighted by Crippen LogP contribution is 2.69. The first kappa shape index (κ1) is 27.2. The number of hydrogen-bond donors (Lipinski definition) is 2. The Morgan fingerprint density at radius 1 is 1.21 bits per heavy atom. The van der Waals surface area contributed by atoms with Gasteiger partial charge in [0, 0.05) is 16.7 Å². The maximum Gasteiger partial charge on any atom is 0.306 e. The lowest BCUT2D eigenvalue weighted by molar-refractivity contribution is -0.201. The summed E-state index contributed by atoms with van der Waals surface area (Å²) in [5, 5.41) is 20.6. The molecule has 38 heavy (non-hydrogen) atoms. The van der Waals surface area contributed by atoms with E-state index in [2.05, 4.69) is 6.92 Å². The first-order valence-corrected chi connectivity index (χ1v) is 13.8. The van der Waals surface area contributed by atoms with Crippen LogP contribution in [0.15, 0.2) is 23.8 Å². The minimum Gasteiger partial charge on any atom is -0.481 e. The second-order valence-electron chi connectivity index (χ2n) is 12.1. The normalized spacial score (nSPS) is 42.9. The van der Waals surface area contributed by atoms with Crippen LogP contribution in [0.2, 0.25) is 0 Å². The van der Waals surface area contributed by atoms with Gasteiger partial charge >= 0.3 is 11.9 Å². The zero-order chi connectivity index (χ0) is 27.5. The number of carboxylic acid groups (broad SMARTS) is 1. The number of carbonyl (C=O) groups excluding carboxylic acids is 3. The Morgan fingerprint density at radius 2 is 1.97 bits per heavy atom. The maximum absolute atomic E-state index is 14.0. The van der Waals surface area contributed by atoms with Crippen molar-refractivity contribution in [2.24, 2.45) is 28.6 Å². The molecular formula is C29H38O9. The molecule has 4 fully saturated rings. The molecular weight excluding hydrogens is 492 g/mol. The van der Waals surface area contributed by atoms with Gasteiger partial charge in [0.25, 0.3) is 0 Å². The molecule has 4 aliphatic carbocycles. The molecule has 1 saturated heterocycles. The molecule has 3 saturated carbocycles. The number of carboxylic acids is 1. The molecule has 2 N–H and O–H groups in total. The molecule has 0 amide bonds. The quantitative estimate of drug-likeness (QED) is 0.454. The number of aliphatic carboxylic acids is 1. The molecule has 5 rings (SSSR count). The third-order valence-electron chi connectivity index (χ3n) is 10.1. The Labute approximate surface area is 222 Å². The fourth-order valence-electron chi connectivity index (χ4n) is 8.54. The molecule has 0 aromatic rings. The van der Waals surface area contributed by atoms with Crippen LogP contribution in [0, 0.1) is 28.6 Å². The van der Waals surface area contributed by atoms with Gasteiger partial charge in [0.1, 0.15) is 0 Å². The average Bonchev–Trinajstić information content (AvgIpc) is 3.33. The summed E-state index contributed by atoms with van der Waals surface area (Å²) >= 11 is 0.